The van der Waals surface area contributed by atoms with Gasteiger partial charge in [0, 0.05) is 46.0 Å². The number of nitrogens with zero attached hydrogens (tertiary/aromatic N) is 5. The number of carbonyl (C=O) groups is 1. The van der Waals surface area contributed by atoms with Crippen molar-refractivity contribution in [1.29, 1.82) is 0 Å². The normalized spacial score (nSPS) is 23.3. The summed E-state index contributed by atoms with van der Waals surface area (Å²) in [6.07, 6.45) is 4.07. The zero-order valence-corrected chi connectivity index (χ0v) is 17.8. The highest BCUT2D eigenvalue weighted by Gasteiger charge is 2.44. The summed E-state index contributed by atoms with van der Waals surface area (Å²) in [5.41, 5.74) is 0. The van der Waals surface area contributed by atoms with E-state index in [4.69, 9.17) is 4.74 Å². The van der Waals surface area contributed by atoms with Crippen LogP contribution in [0.1, 0.15) is 12.8 Å². The summed E-state index contributed by atoms with van der Waals surface area (Å²) < 4.78 is 34.6. The van der Waals surface area contributed by atoms with Crippen molar-refractivity contribution in [3.8, 4) is 5.75 Å². The maximum Gasteiger partial charge on any atom is 0.247 e. The van der Waals surface area contributed by atoms with Gasteiger partial charge in [-0.1, -0.05) is 12.1 Å². The summed E-state index contributed by atoms with van der Waals surface area (Å²) in [4.78, 5) is 24.7. The summed E-state index contributed by atoms with van der Waals surface area (Å²) in [5, 5.41) is 0. The van der Waals surface area contributed by atoms with Crippen LogP contribution >= 0.6 is 0 Å². The Morgan fingerprint density at radius 3 is 2.57 bits per heavy atom. The molecule has 2 aliphatic heterocycles. The van der Waals surface area contributed by atoms with E-state index in [0.717, 1.165) is 0 Å². The van der Waals surface area contributed by atoms with E-state index >= 15 is 0 Å². The number of ether oxygens (including phenoxy) is 1. The molecule has 0 N–H and O–H groups in total. The van der Waals surface area contributed by atoms with Gasteiger partial charge in [0.25, 0.3) is 0 Å². The molecule has 0 saturated carbocycles. The van der Waals surface area contributed by atoms with Crippen molar-refractivity contribution in [3.05, 3.63) is 42.7 Å². The molecule has 30 heavy (non-hydrogen) atoms. The van der Waals surface area contributed by atoms with E-state index in [0.29, 0.717) is 37.6 Å². The molecule has 3 heterocycles. The molecule has 9 nitrogen and oxygen atoms in total. The van der Waals surface area contributed by atoms with Crippen LogP contribution in [0, 0.1) is 0 Å². The van der Waals surface area contributed by atoms with Crippen LogP contribution in [0.3, 0.4) is 0 Å². The first-order valence-corrected chi connectivity index (χ1v) is 11.3. The van der Waals surface area contributed by atoms with Crippen molar-refractivity contribution in [1.82, 2.24) is 19.2 Å². The molecule has 2 aliphatic rings. The second-order valence-electron chi connectivity index (χ2n) is 7.62. The fraction of sp³-hybridized carbons (Fsp3) is 0.450. The van der Waals surface area contributed by atoms with Crippen molar-refractivity contribution >= 4 is 21.9 Å². The van der Waals surface area contributed by atoms with E-state index < -0.39 is 16.1 Å². The van der Waals surface area contributed by atoms with Gasteiger partial charge >= 0.3 is 0 Å². The highest BCUT2D eigenvalue weighted by molar-refractivity contribution is 7.89. The lowest BCUT2D eigenvalue weighted by Crippen LogP contribution is -2.50. The maximum atomic E-state index is 13.5. The summed E-state index contributed by atoms with van der Waals surface area (Å²) in [6.45, 7) is 0.964. The van der Waals surface area contributed by atoms with Gasteiger partial charge in [0.05, 0.1) is 12.6 Å². The maximum absolute atomic E-state index is 13.5. The minimum Gasteiger partial charge on any atom is -0.487 e. The second-order valence-corrected chi connectivity index (χ2v) is 9.48. The molecular formula is C20H25N5O4S. The number of fused-ring (bicyclic) bond motifs is 2. The summed E-state index contributed by atoms with van der Waals surface area (Å²) >= 11 is 0. The Labute approximate surface area is 176 Å². The first-order valence-electron chi connectivity index (χ1n) is 9.87. The quantitative estimate of drug-likeness (QED) is 0.715. The highest BCUT2D eigenvalue weighted by Crippen LogP contribution is 2.36. The molecule has 1 amide bonds. The van der Waals surface area contributed by atoms with Crippen molar-refractivity contribution in [3.63, 3.8) is 0 Å². The summed E-state index contributed by atoms with van der Waals surface area (Å²) in [5.74, 6) is 0.661. The van der Waals surface area contributed by atoms with Crippen LogP contribution in [0.2, 0.25) is 0 Å². The summed E-state index contributed by atoms with van der Waals surface area (Å²) in [7, 11) is -0.663. The smallest absolute Gasteiger partial charge is 0.247 e. The Kier molecular flexibility index (Phi) is 5.61. The van der Waals surface area contributed by atoms with Gasteiger partial charge in [-0.2, -0.15) is 4.31 Å². The van der Waals surface area contributed by atoms with E-state index in [1.165, 1.54) is 15.3 Å². The monoisotopic (exact) mass is 431 g/mol. The standard InChI is InChI=1S/C20H25N5O4S/c1-23(2)19(26)14-25-15-8-12-24(20-21-10-5-11-22-20)13-9-16(15)29-17-6-3-4-7-18(17)30(25,27)28/h3-7,10-11,15-16H,8-9,12-14H2,1-2H3/t15-,16+/m1/s1. The van der Waals surface area contributed by atoms with E-state index in [1.54, 1.807) is 50.8 Å². The van der Waals surface area contributed by atoms with Crippen LogP contribution in [0.4, 0.5) is 5.95 Å². The summed E-state index contributed by atoms with van der Waals surface area (Å²) in [6, 6.07) is 7.91. The minimum atomic E-state index is -3.91. The van der Waals surface area contributed by atoms with Gasteiger partial charge in [-0.25, -0.2) is 18.4 Å². The number of aromatic nitrogens is 2. The fourth-order valence-electron chi connectivity index (χ4n) is 3.89. The van der Waals surface area contributed by atoms with Gasteiger partial charge in [0.15, 0.2) is 0 Å². The lowest BCUT2D eigenvalue weighted by molar-refractivity contribution is -0.129. The van der Waals surface area contributed by atoms with E-state index in [-0.39, 0.29) is 23.5 Å². The molecule has 4 rings (SSSR count). The molecular weight excluding hydrogens is 406 g/mol. The molecule has 1 saturated heterocycles. The Bertz CT molecular complexity index is 1010. The number of para-hydroxylation sites is 1. The fourth-order valence-corrected chi connectivity index (χ4v) is 5.64. The van der Waals surface area contributed by atoms with Gasteiger partial charge < -0.3 is 14.5 Å². The lowest BCUT2D eigenvalue weighted by atomic mass is 10.1. The molecule has 1 fully saturated rings. The van der Waals surface area contributed by atoms with Crippen LogP contribution in [0.5, 0.6) is 5.75 Å². The molecule has 1 aromatic heterocycles. The van der Waals surface area contributed by atoms with Crippen molar-refractivity contribution < 1.29 is 17.9 Å². The van der Waals surface area contributed by atoms with Gasteiger partial charge in [-0.15, -0.1) is 0 Å². The number of hydrogen-bond acceptors (Lipinski definition) is 7. The van der Waals surface area contributed by atoms with Gasteiger partial charge in [-0.3, -0.25) is 4.79 Å². The molecule has 0 unspecified atom stereocenters. The van der Waals surface area contributed by atoms with Crippen molar-refractivity contribution in [2.75, 3.05) is 38.6 Å². The number of rotatable bonds is 3. The predicted molar refractivity (Wildman–Crippen MR) is 111 cm³/mol. The van der Waals surface area contributed by atoms with Gasteiger partial charge in [0.2, 0.25) is 21.9 Å². The second kappa shape index (κ2) is 8.19. The number of hydrogen-bond donors (Lipinski definition) is 0. The third kappa shape index (κ3) is 3.84. The Balaban J connectivity index is 1.72. The minimum absolute atomic E-state index is 0.105. The number of sulfonamides is 1. The Morgan fingerprint density at radius 2 is 1.83 bits per heavy atom. The Morgan fingerprint density at radius 1 is 1.13 bits per heavy atom. The number of anilines is 1. The zero-order valence-electron chi connectivity index (χ0n) is 17.0. The number of carbonyl (C=O) groups excluding carboxylic acids is 1. The lowest BCUT2D eigenvalue weighted by Gasteiger charge is -2.31. The van der Waals surface area contributed by atoms with Crippen LogP contribution in [0.15, 0.2) is 47.6 Å². The van der Waals surface area contributed by atoms with Crippen LogP contribution in [-0.2, 0) is 14.8 Å². The largest absolute Gasteiger partial charge is 0.487 e. The number of benzene rings is 1. The van der Waals surface area contributed by atoms with Gasteiger partial charge in [0.1, 0.15) is 16.7 Å². The van der Waals surface area contributed by atoms with Crippen LogP contribution in [-0.4, -0.2) is 79.4 Å². The average Bonchev–Trinajstić information content (AvgIpc) is 2.99. The molecule has 0 spiro atoms. The third-order valence-electron chi connectivity index (χ3n) is 5.52. The molecule has 0 radical (unpaired) electrons. The Hall–Kier alpha value is -2.72. The third-order valence-corrected chi connectivity index (χ3v) is 7.43. The molecule has 0 aliphatic carbocycles. The molecule has 2 aromatic rings. The van der Waals surface area contributed by atoms with Crippen LogP contribution in [0.25, 0.3) is 0 Å². The van der Waals surface area contributed by atoms with Crippen molar-refractivity contribution in [2.45, 2.75) is 29.9 Å². The average molecular weight is 432 g/mol. The van der Waals surface area contributed by atoms with Gasteiger partial charge in [-0.05, 0) is 24.6 Å². The molecule has 1 aromatic carbocycles. The molecule has 2 atom stereocenters. The topological polar surface area (TPSA) is 95.9 Å². The number of amides is 1. The molecule has 0 bridgehead atoms. The van der Waals surface area contributed by atoms with Crippen LogP contribution < -0.4 is 9.64 Å². The molecule has 10 heteroatoms. The SMILES string of the molecule is CN(C)C(=O)CN1[C@@H]2CCN(c3ncccn3)CC[C@@H]2Oc2ccccc2S1(=O)=O. The first-order chi connectivity index (χ1) is 14.4. The van der Waals surface area contributed by atoms with Crippen molar-refractivity contribution in [2.24, 2.45) is 0 Å². The zero-order chi connectivity index (χ0) is 21.3. The highest BCUT2D eigenvalue weighted by atomic mass is 32.2. The first kappa shape index (κ1) is 20.5. The molecule has 160 valence electrons. The van der Waals surface area contributed by atoms with E-state index in [9.17, 15) is 13.2 Å². The van der Waals surface area contributed by atoms with E-state index in [1.807, 2.05) is 4.90 Å². The number of likely N-dealkylation sites (N-methyl/N-ethyl adjacent to an activating group) is 1. The van der Waals surface area contributed by atoms with E-state index in [2.05, 4.69) is 9.97 Å². The predicted octanol–water partition coefficient (Wildman–Crippen LogP) is 0.985.